The lowest BCUT2D eigenvalue weighted by molar-refractivity contribution is -0.126. The molecule has 0 spiro atoms. The van der Waals surface area contributed by atoms with E-state index in [4.69, 9.17) is 4.74 Å². The van der Waals surface area contributed by atoms with Crippen LogP contribution in [-0.2, 0) is 4.79 Å². The summed E-state index contributed by atoms with van der Waals surface area (Å²) >= 11 is 0. The number of hydrogen-bond acceptors (Lipinski definition) is 4. The van der Waals surface area contributed by atoms with Gasteiger partial charge < -0.3 is 15.0 Å². The maximum absolute atomic E-state index is 12.2. The molecule has 5 heteroatoms. The molecule has 1 aliphatic rings. The van der Waals surface area contributed by atoms with Crippen LogP contribution in [0.4, 0.5) is 5.69 Å². The number of likely N-dealkylation sites (N-methyl/N-ethyl adjacent to an activating group) is 1. The van der Waals surface area contributed by atoms with Gasteiger partial charge in [-0.05, 0) is 38.1 Å². The molecule has 0 saturated carbocycles. The van der Waals surface area contributed by atoms with Gasteiger partial charge in [-0.15, -0.1) is 0 Å². The molecule has 1 heterocycles. The highest BCUT2D eigenvalue weighted by Gasteiger charge is 2.33. The second-order valence-electron chi connectivity index (χ2n) is 5.61. The molecule has 0 aromatic heterocycles. The number of hydrogen-bond donors (Lipinski definition) is 1. The van der Waals surface area contributed by atoms with Crippen LogP contribution < -0.4 is 15.0 Å². The second-order valence-corrected chi connectivity index (χ2v) is 5.61. The minimum Gasteiger partial charge on any atom is -0.497 e. The average molecular weight is 291 g/mol. The molecule has 0 bridgehead atoms. The van der Waals surface area contributed by atoms with Crippen LogP contribution in [0.25, 0.3) is 0 Å². The van der Waals surface area contributed by atoms with Crippen LogP contribution in [0.1, 0.15) is 13.8 Å². The van der Waals surface area contributed by atoms with Gasteiger partial charge in [0.25, 0.3) is 0 Å². The van der Waals surface area contributed by atoms with Crippen molar-refractivity contribution in [1.29, 1.82) is 0 Å². The lowest BCUT2D eigenvalue weighted by atomic mass is 10.1. The van der Waals surface area contributed by atoms with Crippen molar-refractivity contribution in [1.82, 2.24) is 10.2 Å². The third-order valence-corrected chi connectivity index (χ3v) is 4.07. The molecule has 5 nitrogen and oxygen atoms in total. The van der Waals surface area contributed by atoms with Crippen LogP contribution >= 0.6 is 0 Å². The fourth-order valence-corrected chi connectivity index (χ4v) is 2.84. The van der Waals surface area contributed by atoms with E-state index in [2.05, 4.69) is 29.0 Å². The van der Waals surface area contributed by atoms with Crippen molar-refractivity contribution in [2.24, 2.45) is 0 Å². The smallest absolute Gasteiger partial charge is 0.238 e. The van der Waals surface area contributed by atoms with E-state index in [1.54, 1.807) is 14.2 Å². The number of methoxy groups -OCH3 is 1. The summed E-state index contributed by atoms with van der Waals surface area (Å²) in [6, 6.07) is 8.27. The number of benzene rings is 1. The molecule has 1 atom stereocenters. The summed E-state index contributed by atoms with van der Waals surface area (Å²) in [5.74, 6) is 0.935. The number of nitrogens with zero attached hydrogens (tertiary/aromatic N) is 2. The topological polar surface area (TPSA) is 44.8 Å². The monoisotopic (exact) mass is 291 g/mol. The van der Waals surface area contributed by atoms with Crippen LogP contribution in [0.5, 0.6) is 5.75 Å². The Labute approximate surface area is 126 Å². The summed E-state index contributed by atoms with van der Waals surface area (Å²) in [4.78, 5) is 16.7. The lowest BCUT2D eigenvalue weighted by Gasteiger charge is -2.43. The zero-order chi connectivity index (χ0) is 15.4. The highest BCUT2D eigenvalue weighted by Crippen LogP contribution is 2.23. The molecular weight excluding hydrogens is 266 g/mol. The standard InChI is InChI=1S/C16H25N3O2/c1-12(2)19-10-9-18(11-15(19)16(20)17-3)13-5-7-14(21-4)8-6-13/h5-8,12,15H,9-11H2,1-4H3,(H,17,20)/t15-/m1/s1. The summed E-state index contributed by atoms with van der Waals surface area (Å²) in [6.07, 6.45) is 0. The van der Waals surface area contributed by atoms with Gasteiger partial charge in [0.1, 0.15) is 11.8 Å². The second kappa shape index (κ2) is 6.80. The third kappa shape index (κ3) is 3.47. The maximum atomic E-state index is 12.2. The van der Waals surface area contributed by atoms with Gasteiger partial charge in [-0.2, -0.15) is 0 Å². The molecule has 1 fully saturated rings. The summed E-state index contributed by atoms with van der Waals surface area (Å²) in [5.41, 5.74) is 1.13. The average Bonchev–Trinajstić information content (AvgIpc) is 2.53. The van der Waals surface area contributed by atoms with Crippen molar-refractivity contribution < 1.29 is 9.53 Å². The number of carbonyl (C=O) groups excluding carboxylic acids is 1. The van der Waals surface area contributed by atoms with Crippen molar-refractivity contribution in [2.75, 3.05) is 38.7 Å². The first-order valence-corrected chi connectivity index (χ1v) is 7.43. The van der Waals surface area contributed by atoms with E-state index in [0.717, 1.165) is 24.5 Å². The first-order chi connectivity index (χ1) is 10.1. The summed E-state index contributed by atoms with van der Waals surface area (Å²) < 4.78 is 5.19. The zero-order valence-corrected chi connectivity index (χ0v) is 13.3. The Hall–Kier alpha value is -1.75. The molecule has 2 rings (SSSR count). The van der Waals surface area contributed by atoms with E-state index >= 15 is 0 Å². The number of nitrogens with one attached hydrogen (secondary N) is 1. The van der Waals surface area contributed by atoms with Crippen molar-refractivity contribution in [2.45, 2.75) is 25.9 Å². The van der Waals surface area contributed by atoms with Crippen LogP contribution in [0.3, 0.4) is 0 Å². The predicted molar refractivity (Wildman–Crippen MR) is 84.9 cm³/mol. The SMILES string of the molecule is CNC(=O)[C@H]1CN(c2ccc(OC)cc2)CCN1C(C)C. The molecule has 0 unspecified atom stereocenters. The number of ether oxygens (including phenoxy) is 1. The Morgan fingerprint density at radius 2 is 1.95 bits per heavy atom. The van der Waals surface area contributed by atoms with Crippen LogP contribution in [0, 0.1) is 0 Å². The van der Waals surface area contributed by atoms with Gasteiger partial charge in [-0.1, -0.05) is 0 Å². The molecule has 1 N–H and O–H groups in total. The van der Waals surface area contributed by atoms with Crippen molar-refractivity contribution in [3.8, 4) is 5.75 Å². The van der Waals surface area contributed by atoms with Gasteiger partial charge >= 0.3 is 0 Å². The van der Waals surface area contributed by atoms with Gasteiger partial charge in [0.15, 0.2) is 0 Å². The van der Waals surface area contributed by atoms with E-state index in [0.29, 0.717) is 12.6 Å². The van der Waals surface area contributed by atoms with E-state index < -0.39 is 0 Å². The van der Waals surface area contributed by atoms with Crippen molar-refractivity contribution >= 4 is 11.6 Å². The van der Waals surface area contributed by atoms with Crippen molar-refractivity contribution in [3.05, 3.63) is 24.3 Å². The van der Waals surface area contributed by atoms with Gasteiger partial charge in [-0.25, -0.2) is 0 Å². The highest BCUT2D eigenvalue weighted by molar-refractivity contribution is 5.82. The van der Waals surface area contributed by atoms with Gasteiger partial charge in [0.2, 0.25) is 5.91 Å². The van der Waals surface area contributed by atoms with E-state index in [1.165, 1.54) is 0 Å². The first-order valence-electron chi connectivity index (χ1n) is 7.43. The molecule has 1 amide bonds. The molecule has 1 aromatic rings. The number of amides is 1. The molecule has 116 valence electrons. The number of carbonyl (C=O) groups is 1. The van der Waals surface area contributed by atoms with E-state index in [9.17, 15) is 4.79 Å². The Balaban J connectivity index is 2.14. The molecule has 0 radical (unpaired) electrons. The summed E-state index contributed by atoms with van der Waals surface area (Å²) in [5, 5.41) is 2.78. The Morgan fingerprint density at radius 1 is 1.29 bits per heavy atom. The van der Waals surface area contributed by atoms with Crippen molar-refractivity contribution in [3.63, 3.8) is 0 Å². The molecule has 1 saturated heterocycles. The van der Waals surface area contributed by atoms with Crippen LogP contribution in [-0.4, -0.2) is 56.7 Å². The fourth-order valence-electron chi connectivity index (χ4n) is 2.84. The minimum atomic E-state index is -0.106. The summed E-state index contributed by atoms with van der Waals surface area (Å²) in [6.45, 7) is 6.81. The summed E-state index contributed by atoms with van der Waals surface area (Å²) in [7, 11) is 3.37. The molecular formula is C16H25N3O2. The molecule has 1 aromatic carbocycles. The van der Waals surface area contributed by atoms with Crippen LogP contribution in [0.15, 0.2) is 24.3 Å². The fraction of sp³-hybridized carbons (Fsp3) is 0.562. The Kier molecular flexibility index (Phi) is 5.07. The van der Waals surface area contributed by atoms with Crippen LogP contribution in [0.2, 0.25) is 0 Å². The van der Waals surface area contributed by atoms with Gasteiger partial charge in [-0.3, -0.25) is 9.69 Å². The maximum Gasteiger partial charge on any atom is 0.238 e. The quantitative estimate of drug-likeness (QED) is 0.909. The minimum absolute atomic E-state index is 0.0851. The number of anilines is 1. The predicted octanol–water partition coefficient (Wildman–Crippen LogP) is 1.34. The van der Waals surface area contributed by atoms with E-state index in [-0.39, 0.29) is 11.9 Å². The molecule has 0 aliphatic carbocycles. The first kappa shape index (κ1) is 15.6. The Bertz CT molecular complexity index is 473. The normalized spacial score (nSPS) is 19.7. The highest BCUT2D eigenvalue weighted by atomic mass is 16.5. The Morgan fingerprint density at radius 3 is 2.48 bits per heavy atom. The van der Waals surface area contributed by atoms with E-state index in [1.807, 2.05) is 24.3 Å². The molecule has 1 aliphatic heterocycles. The largest absolute Gasteiger partial charge is 0.497 e. The van der Waals surface area contributed by atoms with Gasteiger partial charge in [0, 0.05) is 38.4 Å². The number of piperazine rings is 1. The van der Waals surface area contributed by atoms with Gasteiger partial charge in [0.05, 0.1) is 7.11 Å². The molecule has 21 heavy (non-hydrogen) atoms. The lowest BCUT2D eigenvalue weighted by Crippen LogP contribution is -2.60. The zero-order valence-electron chi connectivity index (χ0n) is 13.3. The third-order valence-electron chi connectivity index (χ3n) is 4.07. The number of rotatable bonds is 4.